The smallest absolute Gasteiger partial charge is 0.254 e. The van der Waals surface area contributed by atoms with Gasteiger partial charge in [-0.05, 0) is 12.8 Å². The van der Waals surface area contributed by atoms with Gasteiger partial charge in [0.05, 0.1) is 24.5 Å². The van der Waals surface area contributed by atoms with Gasteiger partial charge in [-0.25, -0.2) is 0 Å². The number of nitrogens with one attached hydrogen (secondary N) is 2. The Labute approximate surface area is 94.6 Å². The summed E-state index contributed by atoms with van der Waals surface area (Å²) >= 11 is 0. The van der Waals surface area contributed by atoms with E-state index in [1.54, 1.807) is 6.20 Å². The van der Waals surface area contributed by atoms with Crippen LogP contribution < -0.4 is 5.32 Å². The zero-order valence-corrected chi connectivity index (χ0v) is 9.24. The molecule has 0 saturated heterocycles. The Morgan fingerprint density at radius 2 is 2.38 bits per heavy atom. The molecule has 5 heteroatoms. The summed E-state index contributed by atoms with van der Waals surface area (Å²) in [6.07, 6.45) is 8.36. The molecule has 2 rings (SSSR count). The molecule has 0 spiro atoms. The number of aromatic amines is 1. The van der Waals surface area contributed by atoms with E-state index in [0.29, 0.717) is 24.8 Å². The zero-order chi connectivity index (χ0) is 11.2. The van der Waals surface area contributed by atoms with Crippen molar-refractivity contribution in [2.75, 3.05) is 13.2 Å². The van der Waals surface area contributed by atoms with E-state index < -0.39 is 0 Å². The summed E-state index contributed by atoms with van der Waals surface area (Å²) in [5.74, 6) is -0.108. The number of rotatable bonds is 5. The topological polar surface area (TPSA) is 67.0 Å². The first-order valence-corrected chi connectivity index (χ1v) is 5.75. The van der Waals surface area contributed by atoms with Crippen LogP contribution in [-0.4, -0.2) is 35.4 Å². The zero-order valence-electron chi connectivity index (χ0n) is 9.24. The van der Waals surface area contributed by atoms with Crippen molar-refractivity contribution >= 4 is 5.91 Å². The second-order valence-electron chi connectivity index (χ2n) is 4.02. The molecule has 88 valence electrons. The molecule has 2 N–H and O–H groups in total. The van der Waals surface area contributed by atoms with Crippen molar-refractivity contribution in [3.05, 3.63) is 18.0 Å². The molecule has 1 aliphatic rings. The van der Waals surface area contributed by atoms with Gasteiger partial charge in [0, 0.05) is 12.7 Å². The maximum absolute atomic E-state index is 11.5. The summed E-state index contributed by atoms with van der Waals surface area (Å²) in [5.41, 5.74) is 0.556. The first kappa shape index (κ1) is 11.1. The second kappa shape index (κ2) is 5.65. The summed E-state index contributed by atoms with van der Waals surface area (Å²) in [6, 6.07) is 0. The van der Waals surface area contributed by atoms with Gasteiger partial charge in [-0.15, -0.1) is 0 Å². The Hall–Kier alpha value is -1.36. The Balaban J connectivity index is 1.59. The van der Waals surface area contributed by atoms with Crippen molar-refractivity contribution in [1.29, 1.82) is 0 Å². The predicted octanol–water partition coefficient (Wildman–Crippen LogP) is 1.10. The van der Waals surface area contributed by atoms with Crippen LogP contribution in [0.2, 0.25) is 0 Å². The SMILES string of the molecule is O=C(NCCOC1CCCC1)c1cn[nH]c1. The van der Waals surface area contributed by atoms with Crippen LogP contribution in [0, 0.1) is 0 Å². The van der Waals surface area contributed by atoms with E-state index in [1.807, 2.05) is 0 Å². The molecule has 0 radical (unpaired) electrons. The maximum atomic E-state index is 11.5. The van der Waals surface area contributed by atoms with Crippen molar-refractivity contribution < 1.29 is 9.53 Å². The molecule has 0 bridgehead atoms. The average molecular weight is 223 g/mol. The molecule has 5 nitrogen and oxygen atoms in total. The largest absolute Gasteiger partial charge is 0.376 e. The van der Waals surface area contributed by atoms with Gasteiger partial charge in [0.25, 0.3) is 5.91 Å². The number of H-pyrrole nitrogens is 1. The van der Waals surface area contributed by atoms with Crippen LogP contribution in [0.25, 0.3) is 0 Å². The van der Waals surface area contributed by atoms with E-state index >= 15 is 0 Å². The molecule has 1 aliphatic carbocycles. The van der Waals surface area contributed by atoms with E-state index in [9.17, 15) is 4.79 Å². The van der Waals surface area contributed by atoms with Crippen molar-refractivity contribution in [2.24, 2.45) is 0 Å². The van der Waals surface area contributed by atoms with Gasteiger partial charge in [-0.2, -0.15) is 5.10 Å². The van der Waals surface area contributed by atoms with E-state index in [4.69, 9.17) is 4.74 Å². The highest BCUT2D eigenvalue weighted by Gasteiger charge is 2.14. The summed E-state index contributed by atoms with van der Waals surface area (Å²) in [6.45, 7) is 1.15. The van der Waals surface area contributed by atoms with Crippen LogP contribution >= 0.6 is 0 Å². The molecule has 1 saturated carbocycles. The van der Waals surface area contributed by atoms with Crippen LogP contribution in [0.1, 0.15) is 36.0 Å². The van der Waals surface area contributed by atoms with Gasteiger partial charge in [-0.3, -0.25) is 9.89 Å². The van der Waals surface area contributed by atoms with Crippen LogP contribution in [0.15, 0.2) is 12.4 Å². The Morgan fingerprint density at radius 1 is 1.56 bits per heavy atom. The Kier molecular flexibility index (Phi) is 3.93. The number of hydrogen-bond donors (Lipinski definition) is 2. The highest BCUT2D eigenvalue weighted by Crippen LogP contribution is 2.20. The van der Waals surface area contributed by atoms with Crippen LogP contribution in [0.5, 0.6) is 0 Å². The molecular weight excluding hydrogens is 206 g/mol. The third-order valence-corrected chi connectivity index (χ3v) is 2.80. The number of carbonyl (C=O) groups excluding carboxylic acids is 1. The molecule has 0 aliphatic heterocycles. The highest BCUT2D eigenvalue weighted by molar-refractivity contribution is 5.93. The lowest BCUT2D eigenvalue weighted by atomic mass is 10.3. The molecule has 1 aromatic rings. The summed E-state index contributed by atoms with van der Waals surface area (Å²) < 4.78 is 5.63. The molecular formula is C11H17N3O2. The highest BCUT2D eigenvalue weighted by atomic mass is 16.5. The lowest BCUT2D eigenvalue weighted by Crippen LogP contribution is -2.28. The fourth-order valence-electron chi connectivity index (χ4n) is 1.92. The Morgan fingerprint density at radius 3 is 3.06 bits per heavy atom. The van der Waals surface area contributed by atoms with Gasteiger partial charge in [-0.1, -0.05) is 12.8 Å². The number of aromatic nitrogens is 2. The van der Waals surface area contributed by atoms with Crippen molar-refractivity contribution in [3.8, 4) is 0 Å². The van der Waals surface area contributed by atoms with E-state index in [2.05, 4.69) is 15.5 Å². The summed E-state index contributed by atoms with van der Waals surface area (Å²) in [4.78, 5) is 11.5. The van der Waals surface area contributed by atoms with E-state index in [1.165, 1.54) is 19.0 Å². The van der Waals surface area contributed by atoms with Crippen LogP contribution in [-0.2, 0) is 4.74 Å². The van der Waals surface area contributed by atoms with E-state index in [-0.39, 0.29) is 5.91 Å². The van der Waals surface area contributed by atoms with Crippen molar-refractivity contribution in [1.82, 2.24) is 15.5 Å². The Bertz CT molecular complexity index is 318. The standard InChI is InChI=1S/C11H17N3O2/c15-11(9-7-13-14-8-9)12-5-6-16-10-3-1-2-4-10/h7-8,10H,1-6H2,(H,12,15)(H,13,14). The maximum Gasteiger partial charge on any atom is 0.254 e. The van der Waals surface area contributed by atoms with Gasteiger partial charge >= 0.3 is 0 Å². The minimum Gasteiger partial charge on any atom is -0.376 e. The van der Waals surface area contributed by atoms with Gasteiger partial charge < -0.3 is 10.1 Å². The molecule has 0 aromatic carbocycles. The molecule has 1 heterocycles. The van der Waals surface area contributed by atoms with Gasteiger partial charge in [0.2, 0.25) is 0 Å². The quantitative estimate of drug-likeness (QED) is 0.734. The number of ether oxygens (including phenoxy) is 1. The molecule has 16 heavy (non-hydrogen) atoms. The second-order valence-corrected chi connectivity index (χ2v) is 4.02. The third-order valence-electron chi connectivity index (χ3n) is 2.80. The molecule has 0 atom stereocenters. The van der Waals surface area contributed by atoms with Crippen molar-refractivity contribution in [3.63, 3.8) is 0 Å². The molecule has 1 fully saturated rings. The normalized spacial score (nSPS) is 16.5. The van der Waals surface area contributed by atoms with Crippen molar-refractivity contribution in [2.45, 2.75) is 31.8 Å². The monoisotopic (exact) mass is 223 g/mol. The average Bonchev–Trinajstić information content (AvgIpc) is 2.96. The summed E-state index contributed by atoms with van der Waals surface area (Å²) in [5, 5.41) is 9.11. The lowest BCUT2D eigenvalue weighted by molar-refractivity contribution is 0.0582. The number of hydrogen-bond acceptors (Lipinski definition) is 3. The minimum absolute atomic E-state index is 0.108. The van der Waals surface area contributed by atoms with Crippen LogP contribution in [0.4, 0.5) is 0 Å². The predicted molar refractivity (Wildman–Crippen MR) is 59.1 cm³/mol. The molecule has 0 unspecified atom stereocenters. The fourth-order valence-corrected chi connectivity index (χ4v) is 1.92. The number of amides is 1. The van der Waals surface area contributed by atoms with Gasteiger partial charge in [0.1, 0.15) is 0 Å². The van der Waals surface area contributed by atoms with Gasteiger partial charge in [0.15, 0.2) is 0 Å². The molecule has 1 aromatic heterocycles. The number of nitrogens with zero attached hydrogens (tertiary/aromatic N) is 1. The lowest BCUT2D eigenvalue weighted by Gasteiger charge is -2.10. The molecule has 1 amide bonds. The van der Waals surface area contributed by atoms with Crippen LogP contribution in [0.3, 0.4) is 0 Å². The third kappa shape index (κ3) is 3.06. The minimum atomic E-state index is -0.108. The first-order chi connectivity index (χ1) is 7.86. The first-order valence-electron chi connectivity index (χ1n) is 5.75. The number of carbonyl (C=O) groups is 1. The summed E-state index contributed by atoms with van der Waals surface area (Å²) in [7, 11) is 0. The fraction of sp³-hybridized carbons (Fsp3) is 0.636. The van der Waals surface area contributed by atoms with E-state index in [0.717, 1.165) is 12.8 Å².